The minimum atomic E-state index is -3.81. The fraction of sp³-hybridized carbons (Fsp3) is 1.00. The van der Waals surface area contributed by atoms with Crippen LogP contribution in [0.2, 0.25) is 0 Å². The smallest absolute Gasteiger partial charge is 0.395 e. The summed E-state index contributed by atoms with van der Waals surface area (Å²) in [4.78, 5) is 11.1. The van der Waals surface area contributed by atoms with Crippen LogP contribution in [0, 0.1) is 11.8 Å². The molecule has 0 fully saturated rings. The summed E-state index contributed by atoms with van der Waals surface area (Å²) in [6, 6.07) is 0. The predicted octanol–water partition coefficient (Wildman–Crippen LogP) is 2.26. The maximum Gasteiger partial charge on any atom is 0.472 e. The van der Waals surface area contributed by atoms with Crippen LogP contribution in [0.25, 0.3) is 0 Å². The van der Waals surface area contributed by atoms with Gasteiger partial charge in [-0.15, -0.1) is 0 Å². The Morgan fingerprint density at radius 3 is 1.37 bits per heavy atom. The van der Waals surface area contributed by atoms with Gasteiger partial charge in [-0.2, -0.15) is 0 Å². The number of phosphoric ester groups is 1. The topological polar surface area (TPSA) is 120 Å². The average Bonchev–Trinajstić information content (AvgIpc) is 2.57. The zero-order valence-electron chi connectivity index (χ0n) is 17.5. The van der Waals surface area contributed by atoms with Gasteiger partial charge in [0.25, 0.3) is 0 Å². The number of hydrogen-bond acceptors (Lipinski definition) is 7. The number of aliphatic hydroxyl groups excluding tert-OH is 3. The molecule has 0 unspecified atom stereocenters. The van der Waals surface area contributed by atoms with E-state index < -0.39 is 7.82 Å². The summed E-state index contributed by atoms with van der Waals surface area (Å²) < 4.78 is 21.2. The Bertz CT molecular complexity index is 322. The third-order valence-corrected chi connectivity index (χ3v) is 4.63. The summed E-state index contributed by atoms with van der Waals surface area (Å²) in [6.07, 6.45) is 3.57. The molecule has 9 heteroatoms. The summed E-state index contributed by atoms with van der Waals surface area (Å²) >= 11 is 0. The van der Waals surface area contributed by atoms with Gasteiger partial charge in [0, 0.05) is 19.6 Å². The monoisotopic (exact) mass is 415 g/mol. The highest BCUT2D eigenvalue weighted by molar-refractivity contribution is 7.47. The Kier molecular flexibility index (Phi) is 20.8. The van der Waals surface area contributed by atoms with E-state index in [0.717, 1.165) is 25.7 Å². The van der Waals surface area contributed by atoms with E-state index in [1.807, 2.05) is 0 Å². The molecule has 0 atom stereocenters. The third kappa shape index (κ3) is 23.9. The molecule has 0 amide bonds. The molecular formula is C18H42NO7P. The van der Waals surface area contributed by atoms with E-state index in [0.29, 0.717) is 31.5 Å². The van der Waals surface area contributed by atoms with Crippen molar-refractivity contribution in [3.63, 3.8) is 0 Å². The number of hydrogen-bond donors (Lipinski definition) is 4. The van der Waals surface area contributed by atoms with Crippen molar-refractivity contribution in [2.75, 3.05) is 52.7 Å². The van der Waals surface area contributed by atoms with Crippen molar-refractivity contribution in [2.24, 2.45) is 11.8 Å². The molecule has 0 heterocycles. The molecule has 8 nitrogen and oxygen atoms in total. The third-order valence-electron chi connectivity index (χ3n) is 3.61. The second-order valence-corrected chi connectivity index (χ2v) is 8.67. The van der Waals surface area contributed by atoms with Crippen molar-refractivity contribution in [1.29, 1.82) is 0 Å². The van der Waals surface area contributed by atoms with Crippen LogP contribution in [0.3, 0.4) is 0 Å². The first-order chi connectivity index (χ1) is 12.7. The second kappa shape index (κ2) is 19.3. The van der Waals surface area contributed by atoms with Crippen LogP contribution in [0.4, 0.5) is 0 Å². The summed E-state index contributed by atoms with van der Waals surface area (Å²) in [5, 5.41) is 25.5. The second-order valence-electron chi connectivity index (χ2n) is 7.22. The van der Waals surface area contributed by atoms with Gasteiger partial charge in [-0.3, -0.25) is 13.9 Å². The number of aliphatic hydroxyl groups is 3. The number of phosphoric acid groups is 1. The molecule has 0 aromatic carbocycles. The van der Waals surface area contributed by atoms with E-state index in [4.69, 9.17) is 24.4 Å². The largest absolute Gasteiger partial charge is 0.472 e. The molecule has 0 aliphatic carbocycles. The lowest BCUT2D eigenvalue weighted by Gasteiger charge is -2.17. The summed E-state index contributed by atoms with van der Waals surface area (Å²) in [7, 11) is -3.81. The Hall–Kier alpha value is -0.0500. The van der Waals surface area contributed by atoms with Crippen LogP contribution in [-0.2, 0) is 13.6 Å². The Balaban J connectivity index is 0. The molecule has 4 N–H and O–H groups in total. The lowest BCUT2D eigenvalue weighted by Crippen LogP contribution is -2.32. The van der Waals surface area contributed by atoms with Gasteiger partial charge in [0.15, 0.2) is 0 Å². The van der Waals surface area contributed by atoms with E-state index in [1.54, 1.807) is 4.90 Å². The molecule has 0 radical (unpaired) electrons. The summed E-state index contributed by atoms with van der Waals surface area (Å²) in [5.41, 5.74) is 0. The van der Waals surface area contributed by atoms with Crippen LogP contribution in [0.15, 0.2) is 0 Å². The van der Waals surface area contributed by atoms with E-state index in [2.05, 4.69) is 27.7 Å². The fourth-order valence-electron chi connectivity index (χ4n) is 2.14. The van der Waals surface area contributed by atoms with Crippen LogP contribution in [-0.4, -0.2) is 77.8 Å². The van der Waals surface area contributed by atoms with Crippen molar-refractivity contribution in [1.82, 2.24) is 4.90 Å². The van der Waals surface area contributed by atoms with Gasteiger partial charge in [0.2, 0.25) is 0 Å². The Morgan fingerprint density at radius 2 is 1.11 bits per heavy atom. The molecule has 0 aromatic rings. The lowest BCUT2D eigenvalue weighted by molar-refractivity contribution is 0.136. The SMILES string of the molecule is CC(C)CCCOP(=O)(O)OCCCC(C)C.OCCN(CCO)CCO. The number of nitrogens with zero attached hydrogens (tertiary/aromatic N) is 1. The lowest BCUT2D eigenvalue weighted by atomic mass is 10.1. The molecule has 166 valence electrons. The van der Waals surface area contributed by atoms with Gasteiger partial charge in [-0.05, 0) is 37.5 Å². The van der Waals surface area contributed by atoms with Gasteiger partial charge in [0.1, 0.15) is 0 Å². The first-order valence-corrected chi connectivity index (χ1v) is 11.3. The normalized spacial score (nSPS) is 12.0. The van der Waals surface area contributed by atoms with Crippen molar-refractivity contribution in [2.45, 2.75) is 53.4 Å². The minimum absolute atomic E-state index is 0.0694. The first kappa shape index (κ1) is 29.2. The maximum atomic E-state index is 11.4. The molecular weight excluding hydrogens is 373 g/mol. The Labute approximate surface area is 165 Å². The van der Waals surface area contributed by atoms with E-state index in [1.165, 1.54) is 0 Å². The molecule has 27 heavy (non-hydrogen) atoms. The highest BCUT2D eigenvalue weighted by Gasteiger charge is 2.20. The van der Waals surface area contributed by atoms with E-state index in [9.17, 15) is 9.46 Å². The predicted molar refractivity (Wildman–Crippen MR) is 108 cm³/mol. The van der Waals surface area contributed by atoms with Crippen molar-refractivity contribution < 1.29 is 33.8 Å². The average molecular weight is 416 g/mol. The standard InChI is InChI=1S/C12H27O4P.C6H15NO3/c1-11(2)7-5-9-15-17(13,14)16-10-6-8-12(3)4;8-4-1-7(2-5-9)3-6-10/h11-12H,5-10H2,1-4H3,(H,13,14);8-10H,1-6H2. The molecule has 0 spiro atoms. The van der Waals surface area contributed by atoms with Gasteiger partial charge >= 0.3 is 7.82 Å². The molecule has 0 saturated carbocycles. The van der Waals surface area contributed by atoms with Crippen molar-refractivity contribution >= 4 is 7.82 Å². The molecule has 0 aliphatic rings. The zero-order valence-corrected chi connectivity index (χ0v) is 18.4. The highest BCUT2D eigenvalue weighted by Crippen LogP contribution is 2.43. The molecule has 0 rings (SSSR count). The van der Waals surface area contributed by atoms with Gasteiger partial charge in [-0.1, -0.05) is 27.7 Å². The van der Waals surface area contributed by atoms with E-state index >= 15 is 0 Å². The maximum absolute atomic E-state index is 11.4. The van der Waals surface area contributed by atoms with Crippen molar-refractivity contribution in [3.8, 4) is 0 Å². The molecule has 0 bridgehead atoms. The van der Waals surface area contributed by atoms with Crippen LogP contribution in [0.5, 0.6) is 0 Å². The van der Waals surface area contributed by atoms with Crippen LogP contribution >= 0.6 is 7.82 Å². The van der Waals surface area contributed by atoms with E-state index in [-0.39, 0.29) is 33.0 Å². The summed E-state index contributed by atoms with van der Waals surface area (Å²) in [6.45, 7) is 10.8. The van der Waals surface area contributed by atoms with Crippen LogP contribution < -0.4 is 0 Å². The quantitative estimate of drug-likeness (QED) is 0.224. The molecule has 0 aliphatic heterocycles. The first-order valence-electron chi connectivity index (χ1n) is 9.85. The minimum Gasteiger partial charge on any atom is -0.395 e. The van der Waals surface area contributed by atoms with Gasteiger partial charge in [-0.25, -0.2) is 4.57 Å². The highest BCUT2D eigenvalue weighted by atomic mass is 31.2. The number of rotatable bonds is 16. The van der Waals surface area contributed by atoms with Gasteiger partial charge in [0.05, 0.1) is 33.0 Å². The van der Waals surface area contributed by atoms with Crippen LogP contribution in [0.1, 0.15) is 53.4 Å². The Morgan fingerprint density at radius 1 is 0.778 bits per heavy atom. The molecule has 0 saturated heterocycles. The molecule has 0 aromatic heterocycles. The van der Waals surface area contributed by atoms with Gasteiger partial charge < -0.3 is 20.2 Å². The zero-order chi connectivity index (χ0) is 21.1. The fourth-order valence-corrected chi connectivity index (χ4v) is 2.93. The van der Waals surface area contributed by atoms with Crippen molar-refractivity contribution in [3.05, 3.63) is 0 Å². The summed E-state index contributed by atoms with van der Waals surface area (Å²) in [5.74, 6) is 1.17.